The van der Waals surface area contributed by atoms with Gasteiger partial charge in [-0.15, -0.1) is 26.7 Å². The normalized spacial score (nSPS) is 16.5. The molecule has 0 nitrogen and oxygen atoms in total. The Labute approximate surface area is 159 Å². The second-order valence-corrected chi connectivity index (χ2v) is 4.77. The fourth-order valence-electron chi connectivity index (χ4n) is 1.70. The molecule has 0 heterocycles. The molecule has 0 aliphatic heterocycles. The van der Waals surface area contributed by atoms with Gasteiger partial charge in [0.05, 0.1) is 0 Å². The van der Waals surface area contributed by atoms with Crippen LogP contribution < -0.4 is 34.0 Å². The summed E-state index contributed by atoms with van der Waals surface area (Å²) in [4.78, 5) is 0. The van der Waals surface area contributed by atoms with E-state index in [4.69, 9.17) is 0 Å². The fraction of sp³-hybridized carbons (Fsp3) is 0.500. The van der Waals surface area contributed by atoms with Gasteiger partial charge in [0.15, 0.2) is 0 Å². The van der Waals surface area contributed by atoms with Crippen LogP contribution in [0.5, 0.6) is 0 Å². The molecule has 0 amide bonds. The van der Waals surface area contributed by atoms with Gasteiger partial charge in [-0.25, -0.2) is 11.1 Å². The first kappa shape index (κ1) is 24.8. The van der Waals surface area contributed by atoms with E-state index in [0.29, 0.717) is 0 Å². The number of halogens is 2. The Bertz CT molecular complexity index is 361. The van der Waals surface area contributed by atoms with Crippen LogP contribution in [-0.2, 0) is 26.2 Å². The van der Waals surface area contributed by atoms with Crippen molar-refractivity contribution in [1.82, 2.24) is 0 Å². The second kappa shape index (κ2) is 11.5. The third kappa shape index (κ3) is 7.39. The molecule has 0 aromatic rings. The molecule has 0 N–H and O–H groups in total. The second-order valence-electron chi connectivity index (χ2n) is 4.77. The summed E-state index contributed by atoms with van der Waals surface area (Å²) >= 11 is 0. The van der Waals surface area contributed by atoms with E-state index in [0.717, 1.165) is 12.8 Å². The van der Waals surface area contributed by atoms with Crippen LogP contribution in [0.4, 0.5) is 0 Å². The van der Waals surface area contributed by atoms with Crippen LogP contribution in [0.2, 0.25) is 0 Å². The first-order valence-electron chi connectivity index (χ1n) is 5.91. The third-order valence-corrected chi connectivity index (χ3v) is 3.64. The van der Waals surface area contributed by atoms with Gasteiger partial charge in [0.25, 0.3) is 0 Å². The van der Waals surface area contributed by atoms with Crippen molar-refractivity contribution in [2.75, 3.05) is 0 Å². The minimum absolute atomic E-state index is 0. The molecule has 0 unspecified atom stereocenters. The molecular weight excluding hydrogens is 443 g/mol. The van der Waals surface area contributed by atoms with Gasteiger partial charge in [-0.05, 0) is 0 Å². The van der Waals surface area contributed by atoms with E-state index in [1.807, 2.05) is 0 Å². The first-order chi connectivity index (χ1) is 7.43. The SMILES string of the molecule is CC1=[C-]CC(C)=C1C.CC1=[C-]CC(C)=C1C.[Br-].[Br-].[Zr+4]. The zero-order valence-corrected chi connectivity index (χ0v) is 18.3. The number of allylic oxidation sites excluding steroid dienone is 8. The van der Waals surface area contributed by atoms with Crippen LogP contribution in [0.15, 0.2) is 33.4 Å². The van der Waals surface area contributed by atoms with Gasteiger partial charge in [0.2, 0.25) is 0 Å². The molecule has 2 aliphatic carbocycles. The zero-order chi connectivity index (χ0) is 12.3. The molecule has 3 heteroatoms. The fourth-order valence-corrected chi connectivity index (χ4v) is 1.70. The van der Waals surface area contributed by atoms with Crippen molar-refractivity contribution in [1.29, 1.82) is 0 Å². The molecular formula is C16H22Br2Zr. The molecule has 0 fully saturated rings. The van der Waals surface area contributed by atoms with Gasteiger partial charge in [-0.1, -0.05) is 27.7 Å². The van der Waals surface area contributed by atoms with E-state index in [9.17, 15) is 0 Å². The summed E-state index contributed by atoms with van der Waals surface area (Å²) in [7, 11) is 0. The van der Waals surface area contributed by atoms with E-state index in [1.54, 1.807) is 0 Å². The molecule has 0 saturated carbocycles. The van der Waals surface area contributed by atoms with Crippen LogP contribution in [0, 0.1) is 12.2 Å². The Hall–Kier alpha value is 0.803. The van der Waals surface area contributed by atoms with Gasteiger partial charge < -0.3 is 34.0 Å². The Morgan fingerprint density at radius 3 is 0.947 bits per heavy atom. The zero-order valence-electron chi connectivity index (χ0n) is 12.7. The topological polar surface area (TPSA) is 0 Å². The van der Waals surface area contributed by atoms with E-state index < -0.39 is 0 Å². The van der Waals surface area contributed by atoms with Crippen LogP contribution in [0.1, 0.15) is 54.4 Å². The maximum absolute atomic E-state index is 3.26. The van der Waals surface area contributed by atoms with Crippen molar-refractivity contribution in [3.63, 3.8) is 0 Å². The third-order valence-electron chi connectivity index (χ3n) is 3.64. The predicted octanol–water partition coefficient (Wildman–Crippen LogP) is -1.04. The Kier molecular flexibility index (Phi) is 15.0. The molecule has 0 aromatic heterocycles. The number of rotatable bonds is 0. The summed E-state index contributed by atoms with van der Waals surface area (Å²) in [6.07, 6.45) is 8.63. The quantitative estimate of drug-likeness (QED) is 0.401. The Morgan fingerprint density at radius 1 is 0.632 bits per heavy atom. The molecule has 0 atom stereocenters. The van der Waals surface area contributed by atoms with Gasteiger partial charge in [0.1, 0.15) is 0 Å². The molecule has 0 spiro atoms. The number of hydrogen-bond acceptors (Lipinski definition) is 0. The monoisotopic (exact) mass is 462 g/mol. The summed E-state index contributed by atoms with van der Waals surface area (Å²) in [6, 6.07) is 0. The average Bonchev–Trinajstić information content (AvgIpc) is 2.70. The van der Waals surface area contributed by atoms with Crippen LogP contribution >= 0.6 is 0 Å². The molecule has 0 saturated heterocycles. The summed E-state index contributed by atoms with van der Waals surface area (Å²) in [5, 5.41) is 0. The van der Waals surface area contributed by atoms with E-state index in [2.05, 4.69) is 53.7 Å². The average molecular weight is 465 g/mol. The van der Waals surface area contributed by atoms with Gasteiger partial charge >= 0.3 is 26.2 Å². The molecule has 104 valence electrons. The van der Waals surface area contributed by atoms with Crippen LogP contribution in [-0.4, -0.2) is 0 Å². The minimum atomic E-state index is 0. The maximum Gasteiger partial charge on any atom is 4.00 e. The van der Waals surface area contributed by atoms with E-state index in [-0.39, 0.29) is 60.2 Å². The Balaban J connectivity index is -0.000000233. The summed E-state index contributed by atoms with van der Waals surface area (Å²) in [6.45, 7) is 12.9. The maximum atomic E-state index is 3.26. The molecule has 0 bridgehead atoms. The van der Waals surface area contributed by atoms with E-state index >= 15 is 0 Å². The largest absolute Gasteiger partial charge is 4.00 e. The smallest absolute Gasteiger partial charge is 1.00 e. The summed E-state index contributed by atoms with van der Waals surface area (Å²) in [5.74, 6) is 0. The van der Waals surface area contributed by atoms with Crippen LogP contribution in [0.25, 0.3) is 0 Å². The molecule has 0 radical (unpaired) electrons. The summed E-state index contributed by atoms with van der Waals surface area (Å²) < 4.78 is 0. The molecule has 2 rings (SSSR count). The standard InChI is InChI=1S/2C8H11.2BrH.Zr/c2*1-6-4-5-7(2)8(6)3;;;/h2*4H2,1-3H3;2*1H;/q2*-1;;;+4/p-2. The van der Waals surface area contributed by atoms with Crippen molar-refractivity contribution < 1.29 is 60.2 Å². The van der Waals surface area contributed by atoms with Gasteiger partial charge in [-0.2, -0.15) is 22.3 Å². The Morgan fingerprint density at radius 2 is 0.895 bits per heavy atom. The van der Waals surface area contributed by atoms with Crippen molar-refractivity contribution in [3.05, 3.63) is 45.6 Å². The molecule has 2 aliphatic rings. The van der Waals surface area contributed by atoms with Crippen LogP contribution in [0.3, 0.4) is 0 Å². The predicted molar refractivity (Wildman–Crippen MR) is 70.8 cm³/mol. The van der Waals surface area contributed by atoms with Crippen molar-refractivity contribution in [2.24, 2.45) is 0 Å². The van der Waals surface area contributed by atoms with Crippen molar-refractivity contribution >= 4 is 0 Å². The summed E-state index contributed by atoms with van der Waals surface area (Å²) in [5.41, 5.74) is 8.49. The van der Waals surface area contributed by atoms with Gasteiger partial charge in [-0.3, -0.25) is 12.2 Å². The first-order valence-corrected chi connectivity index (χ1v) is 5.91. The van der Waals surface area contributed by atoms with Crippen molar-refractivity contribution in [2.45, 2.75) is 54.4 Å². The molecule has 19 heavy (non-hydrogen) atoms. The minimum Gasteiger partial charge on any atom is -1.00 e. The van der Waals surface area contributed by atoms with Gasteiger partial charge in [0, 0.05) is 0 Å². The molecule has 0 aromatic carbocycles. The number of hydrogen-bond donors (Lipinski definition) is 0. The van der Waals surface area contributed by atoms with E-state index in [1.165, 1.54) is 33.4 Å². The van der Waals surface area contributed by atoms with Crippen molar-refractivity contribution in [3.8, 4) is 0 Å².